The van der Waals surface area contributed by atoms with Gasteiger partial charge in [-0.05, 0) is 62.6 Å². The minimum absolute atomic E-state index is 0.132. The van der Waals surface area contributed by atoms with Crippen LogP contribution < -0.4 is 15.0 Å². The van der Waals surface area contributed by atoms with E-state index < -0.39 is 6.10 Å². The summed E-state index contributed by atoms with van der Waals surface area (Å²) >= 11 is 7.78. The van der Waals surface area contributed by atoms with Gasteiger partial charge in [0.1, 0.15) is 12.3 Å². The number of halogens is 1. The molecular formula is C24H24ClN3O3S. The first kappa shape index (κ1) is 22.3. The molecule has 2 amide bonds. The normalized spacial score (nSPS) is 15.3. The van der Waals surface area contributed by atoms with E-state index in [9.17, 15) is 9.59 Å². The van der Waals surface area contributed by atoms with E-state index in [0.29, 0.717) is 22.1 Å². The van der Waals surface area contributed by atoms with E-state index in [1.807, 2.05) is 30.5 Å². The van der Waals surface area contributed by atoms with Crippen LogP contribution in [-0.2, 0) is 16.0 Å². The van der Waals surface area contributed by atoms with E-state index in [-0.39, 0.29) is 18.4 Å². The predicted octanol–water partition coefficient (Wildman–Crippen LogP) is 5.48. The molecule has 6 nitrogen and oxygen atoms in total. The maximum Gasteiger partial charge on any atom is 0.268 e. The van der Waals surface area contributed by atoms with Gasteiger partial charge in [-0.2, -0.15) is 0 Å². The number of ether oxygens (including phenoxy) is 1. The summed E-state index contributed by atoms with van der Waals surface area (Å²) in [6, 6.07) is 10.9. The number of amides is 2. The van der Waals surface area contributed by atoms with Gasteiger partial charge in [0, 0.05) is 21.7 Å². The third kappa shape index (κ3) is 4.49. The molecule has 0 spiro atoms. The first-order valence-corrected chi connectivity index (χ1v) is 11.7. The van der Waals surface area contributed by atoms with Crippen LogP contribution in [0.25, 0.3) is 11.3 Å². The maximum atomic E-state index is 12.9. The van der Waals surface area contributed by atoms with Gasteiger partial charge in [-0.25, -0.2) is 4.98 Å². The van der Waals surface area contributed by atoms with Crippen LogP contribution in [0.4, 0.5) is 11.4 Å². The molecule has 166 valence electrons. The minimum atomic E-state index is -0.676. The second-order valence-corrected chi connectivity index (χ2v) is 9.05. The summed E-state index contributed by atoms with van der Waals surface area (Å²) in [6.07, 6.45) is 1.29. The molecule has 4 rings (SSSR count). The van der Waals surface area contributed by atoms with Crippen molar-refractivity contribution >= 4 is 46.1 Å². The van der Waals surface area contributed by atoms with Crippen molar-refractivity contribution in [2.75, 3.05) is 16.8 Å². The summed E-state index contributed by atoms with van der Waals surface area (Å²) in [7, 11) is 0. The molecule has 0 radical (unpaired) electrons. The standard InChI is InChI=1S/C24H24ClN3O3S/c1-4-6-23-27-19(13-32-23)16-9-10-21-20(11-16)28(24(30)15(3)31-21)12-22(29)26-18-8-5-7-17(25)14(18)2/h5,7-11,13,15H,4,6,12H2,1-3H3,(H,26,29). The quantitative estimate of drug-likeness (QED) is 0.519. The number of aromatic nitrogens is 1. The highest BCUT2D eigenvalue weighted by molar-refractivity contribution is 7.09. The Morgan fingerprint density at radius 2 is 2.12 bits per heavy atom. The fourth-order valence-corrected chi connectivity index (χ4v) is 4.66. The van der Waals surface area contributed by atoms with Crippen molar-refractivity contribution in [1.29, 1.82) is 0 Å². The molecule has 0 fully saturated rings. The fraction of sp³-hybridized carbons (Fsp3) is 0.292. The number of thiazole rings is 1. The van der Waals surface area contributed by atoms with Gasteiger partial charge in [0.25, 0.3) is 5.91 Å². The number of benzene rings is 2. The van der Waals surface area contributed by atoms with E-state index >= 15 is 0 Å². The third-order valence-electron chi connectivity index (χ3n) is 5.32. The number of aryl methyl sites for hydroxylation is 1. The topological polar surface area (TPSA) is 71.5 Å². The fourth-order valence-electron chi connectivity index (χ4n) is 3.58. The summed E-state index contributed by atoms with van der Waals surface area (Å²) in [5.41, 5.74) is 3.69. The Balaban J connectivity index is 1.61. The largest absolute Gasteiger partial charge is 0.479 e. The van der Waals surface area contributed by atoms with E-state index in [4.69, 9.17) is 21.3 Å². The highest BCUT2D eigenvalue weighted by Crippen LogP contribution is 2.38. The number of fused-ring (bicyclic) bond motifs is 1. The number of hydrogen-bond acceptors (Lipinski definition) is 5. The molecule has 8 heteroatoms. The molecule has 1 unspecified atom stereocenters. The number of carbonyl (C=O) groups is 2. The van der Waals surface area contributed by atoms with Crippen molar-refractivity contribution in [1.82, 2.24) is 4.98 Å². The van der Waals surface area contributed by atoms with E-state index in [1.54, 1.807) is 36.5 Å². The molecule has 1 aliphatic rings. The van der Waals surface area contributed by atoms with Gasteiger partial charge in [0.05, 0.1) is 16.4 Å². The van der Waals surface area contributed by atoms with Crippen molar-refractivity contribution < 1.29 is 14.3 Å². The molecule has 32 heavy (non-hydrogen) atoms. The van der Waals surface area contributed by atoms with Crippen molar-refractivity contribution in [3.8, 4) is 17.0 Å². The summed E-state index contributed by atoms with van der Waals surface area (Å²) in [5.74, 6) is -0.0118. The second kappa shape index (κ2) is 9.30. The van der Waals surface area contributed by atoms with Crippen LogP contribution in [-0.4, -0.2) is 29.4 Å². The average molecular weight is 470 g/mol. The van der Waals surface area contributed by atoms with Crippen LogP contribution >= 0.6 is 22.9 Å². The molecule has 0 saturated heterocycles. The molecule has 1 aromatic heterocycles. The number of carbonyl (C=O) groups excluding carboxylic acids is 2. The zero-order chi connectivity index (χ0) is 22.8. The highest BCUT2D eigenvalue weighted by atomic mass is 35.5. The van der Waals surface area contributed by atoms with Crippen LogP contribution in [0.5, 0.6) is 5.75 Å². The summed E-state index contributed by atoms with van der Waals surface area (Å²) in [4.78, 5) is 31.9. The van der Waals surface area contributed by atoms with Crippen LogP contribution in [0.1, 0.15) is 30.8 Å². The lowest BCUT2D eigenvalue weighted by atomic mass is 10.1. The number of rotatable bonds is 6. The number of nitrogens with zero attached hydrogens (tertiary/aromatic N) is 2. The molecule has 1 N–H and O–H groups in total. The Bertz CT molecular complexity index is 1180. The smallest absolute Gasteiger partial charge is 0.268 e. The Hall–Kier alpha value is -2.90. The molecule has 3 aromatic rings. The van der Waals surface area contributed by atoms with Gasteiger partial charge in [-0.15, -0.1) is 11.3 Å². The minimum Gasteiger partial charge on any atom is -0.479 e. The van der Waals surface area contributed by atoms with Crippen LogP contribution in [0, 0.1) is 6.92 Å². The van der Waals surface area contributed by atoms with Crippen LogP contribution in [0.3, 0.4) is 0 Å². The zero-order valence-electron chi connectivity index (χ0n) is 18.1. The second-order valence-electron chi connectivity index (χ2n) is 7.70. The maximum absolute atomic E-state index is 12.9. The third-order valence-corrected chi connectivity index (χ3v) is 6.64. The average Bonchev–Trinajstić information content (AvgIpc) is 3.23. The number of nitrogens with one attached hydrogen (secondary N) is 1. The van der Waals surface area contributed by atoms with Gasteiger partial charge < -0.3 is 10.1 Å². The van der Waals surface area contributed by atoms with Gasteiger partial charge in [-0.1, -0.05) is 24.6 Å². The first-order chi connectivity index (χ1) is 15.4. The van der Waals surface area contributed by atoms with Crippen LogP contribution in [0.2, 0.25) is 5.02 Å². The van der Waals surface area contributed by atoms with E-state index in [0.717, 1.165) is 34.7 Å². The van der Waals surface area contributed by atoms with E-state index in [1.165, 1.54) is 4.90 Å². The van der Waals surface area contributed by atoms with Gasteiger partial charge in [0.2, 0.25) is 5.91 Å². The molecular weight excluding hydrogens is 446 g/mol. The lowest BCUT2D eigenvalue weighted by Gasteiger charge is -2.33. The van der Waals surface area contributed by atoms with Gasteiger partial charge >= 0.3 is 0 Å². The monoisotopic (exact) mass is 469 g/mol. The Labute approximate surface area is 196 Å². The summed E-state index contributed by atoms with van der Waals surface area (Å²) in [6.45, 7) is 5.51. The van der Waals surface area contributed by atoms with Crippen LogP contribution in [0.15, 0.2) is 41.8 Å². The summed E-state index contributed by atoms with van der Waals surface area (Å²) in [5, 5.41) is 6.52. The summed E-state index contributed by atoms with van der Waals surface area (Å²) < 4.78 is 5.79. The van der Waals surface area contributed by atoms with Gasteiger partial charge in [-0.3, -0.25) is 14.5 Å². The Morgan fingerprint density at radius 3 is 2.91 bits per heavy atom. The number of anilines is 2. The molecule has 0 aliphatic carbocycles. The molecule has 1 aliphatic heterocycles. The van der Waals surface area contributed by atoms with Crippen molar-refractivity contribution in [3.05, 3.63) is 57.4 Å². The Morgan fingerprint density at radius 1 is 1.31 bits per heavy atom. The van der Waals surface area contributed by atoms with Gasteiger partial charge in [0.15, 0.2) is 6.10 Å². The molecule has 0 bridgehead atoms. The van der Waals surface area contributed by atoms with Crippen molar-refractivity contribution in [2.45, 2.75) is 39.7 Å². The zero-order valence-corrected chi connectivity index (χ0v) is 19.7. The van der Waals surface area contributed by atoms with E-state index in [2.05, 4.69) is 12.2 Å². The number of hydrogen-bond donors (Lipinski definition) is 1. The molecule has 2 aromatic carbocycles. The van der Waals surface area contributed by atoms with Crippen molar-refractivity contribution in [2.24, 2.45) is 0 Å². The molecule has 2 heterocycles. The lowest BCUT2D eigenvalue weighted by molar-refractivity contribution is -0.127. The molecule has 0 saturated carbocycles. The van der Waals surface area contributed by atoms with Crippen molar-refractivity contribution in [3.63, 3.8) is 0 Å². The highest BCUT2D eigenvalue weighted by Gasteiger charge is 2.33. The predicted molar refractivity (Wildman–Crippen MR) is 129 cm³/mol. The lowest BCUT2D eigenvalue weighted by Crippen LogP contribution is -2.47. The first-order valence-electron chi connectivity index (χ1n) is 10.5. The Kier molecular flexibility index (Phi) is 6.48. The SMILES string of the molecule is CCCc1nc(-c2ccc3c(c2)N(CC(=O)Nc2cccc(Cl)c2C)C(=O)C(C)O3)cs1. The molecule has 1 atom stereocenters.